The molecule has 0 radical (unpaired) electrons. The standard InChI is InChI=1S/C20H23ClN2O3/c1-25-15-10-14(11-16(12-15)26-2)22-20(24)13-23-9-5-8-19(23)17-6-3-4-7-18(17)21/h3-4,6-7,10-12,19H,5,8-9,13H2,1-2H3,(H,22,24). The Hall–Kier alpha value is -2.24. The van der Waals surface area contributed by atoms with E-state index in [0.717, 1.165) is 30.0 Å². The number of halogens is 1. The Bertz CT molecular complexity index is 759. The summed E-state index contributed by atoms with van der Waals surface area (Å²) in [7, 11) is 3.16. The molecule has 1 amide bonds. The quantitative estimate of drug-likeness (QED) is 0.825. The van der Waals surface area contributed by atoms with Crippen LogP contribution in [0.3, 0.4) is 0 Å². The van der Waals surface area contributed by atoms with Crippen molar-refractivity contribution in [2.75, 3.05) is 32.6 Å². The van der Waals surface area contributed by atoms with E-state index in [0.29, 0.717) is 23.7 Å². The van der Waals surface area contributed by atoms with Crippen LogP contribution < -0.4 is 14.8 Å². The number of nitrogens with one attached hydrogen (secondary N) is 1. The first-order valence-corrected chi connectivity index (χ1v) is 9.00. The molecule has 2 aromatic carbocycles. The van der Waals surface area contributed by atoms with Gasteiger partial charge in [-0.15, -0.1) is 0 Å². The molecule has 0 saturated carbocycles. The fraction of sp³-hybridized carbons (Fsp3) is 0.350. The number of carbonyl (C=O) groups is 1. The van der Waals surface area contributed by atoms with Gasteiger partial charge in [-0.05, 0) is 31.0 Å². The van der Waals surface area contributed by atoms with Crippen LogP contribution in [0.15, 0.2) is 42.5 Å². The predicted molar refractivity (Wildman–Crippen MR) is 103 cm³/mol. The molecule has 0 aliphatic carbocycles. The zero-order valence-electron chi connectivity index (χ0n) is 15.0. The third-order valence-corrected chi connectivity index (χ3v) is 4.95. The van der Waals surface area contributed by atoms with Gasteiger partial charge in [-0.25, -0.2) is 0 Å². The van der Waals surface area contributed by atoms with E-state index in [1.807, 2.05) is 24.3 Å². The number of ether oxygens (including phenoxy) is 2. The molecule has 1 heterocycles. The molecule has 1 saturated heterocycles. The number of nitrogens with zero attached hydrogens (tertiary/aromatic N) is 1. The fourth-order valence-corrected chi connectivity index (χ4v) is 3.64. The van der Waals surface area contributed by atoms with Gasteiger partial charge in [0.1, 0.15) is 11.5 Å². The van der Waals surface area contributed by atoms with Crippen molar-refractivity contribution in [2.45, 2.75) is 18.9 Å². The third-order valence-electron chi connectivity index (χ3n) is 4.61. The molecule has 1 fully saturated rings. The van der Waals surface area contributed by atoms with Gasteiger partial charge in [-0.2, -0.15) is 0 Å². The summed E-state index contributed by atoms with van der Waals surface area (Å²) in [4.78, 5) is 14.7. The second-order valence-corrected chi connectivity index (χ2v) is 6.71. The van der Waals surface area contributed by atoms with Gasteiger partial charge in [0.05, 0.1) is 20.8 Å². The normalized spacial score (nSPS) is 17.1. The van der Waals surface area contributed by atoms with Gasteiger partial charge in [0.2, 0.25) is 5.91 Å². The molecule has 6 heteroatoms. The molecule has 5 nitrogen and oxygen atoms in total. The number of likely N-dealkylation sites (tertiary alicyclic amines) is 1. The van der Waals surface area contributed by atoms with E-state index in [1.54, 1.807) is 32.4 Å². The monoisotopic (exact) mass is 374 g/mol. The van der Waals surface area contributed by atoms with Gasteiger partial charge in [0.25, 0.3) is 0 Å². The lowest BCUT2D eigenvalue weighted by Crippen LogP contribution is -2.33. The van der Waals surface area contributed by atoms with Crippen LogP contribution in [0.4, 0.5) is 5.69 Å². The van der Waals surface area contributed by atoms with Crippen molar-refractivity contribution in [1.82, 2.24) is 4.90 Å². The van der Waals surface area contributed by atoms with Gasteiger partial charge < -0.3 is 14.8 Å². The number of benzene rings is 2. The van der Waals surface area contributed by atoms with E-state index in [9.17, 15) is 4.79 Å². The zero-order chi connectivity index (χ0) is 18.5. The van der Waals surface area contributed by atoms with E-state index in [-0.39, 0.29) is 11.9 Å². The molecule has 3 rings (SSSR count). The molecule has 0 spiro atoms. The number of anilines is 1. The van der Waals surface area contributed by atoms with Crippen molar-refractivity contribution in [1.29, 1.82) is 0 Å². The lowest BCUT2D eigenvalue weighted by Gasteiger charge is -2.25. The molecule has 0 bridgehead atoms. The number of carbonyl (C=O) groups excluding carboxylic acids is 1. The van der Waals surface area contributed by atoms with Gasteiger partial charge >= 0.3 is 0 Å². The summed E-state index contributed by atoms with van der Waals surface area (Å²) < 4.78 is 10.5. The third kappa shape index (κ3) is 4.29. The van der Waals surface area contributed by atoms with Gasteiger partial charge in [0, 0.05) is 35.0 Å². The summed E-state index contributed by atoms with van der Waals surface area (Å²) >= 11 is 6.35. The van der Waals surface area contributed by atoms with Crippen LogP contribution in [0, 0.1) is 0 Å². The van der Waals surface area contributed by atoms with Crippen molar-refractivity contribution in [3.63, 3.8) is 0 Å². The maximum atomic E-state index is 12.6. The van der Waals surface area contributed by atoms with Gasteiger partial charge in [-0.3, -0.25) is 9.69 Å². The molecule has 26 heavy (non-hydrogen) atoms. The molecule has 2 aromatic rings. The molecule has 0 aromatic heterocycles. The van der Waals surface area contributed by atoms with Crippen LogP contribution >= 0.6 is 11.6 Å². The van der Waals surface area contributed by atoms with Crippen LogP contribution in [-0.2, 0) is 4.79 Å². The largest absolute Gasteiger partial charge is 0.497 e. The maximum Gasteiger partial charge on any atom is 0.238 e. The molecule has 1 atom stereocenters. The number of methoxy groups -OCH3 is 2. The Kier molecular flexibility index (Phi) is 6.01. The maximum absolute atomic E-state index is 12.6. The summed E-state index contributed by atoms with van der Waals surface area (Å²) in [5, 5.41) is 3.68. The van der Waals surface area contributed by atoms with Crippen molar-refractivity contribution in [3.05, 3.63) is 53.1 Å². The zero-order valence-corrected chi connectivity index (χ0v) is 15.8. The Morgan fingerprint density at radius 3 is 2.54 bits per heavy atom. The first kappa shape index (κ1) is 18.5. The Morgan fingerprint density at radius 2 is 1.88 bits per heavy atom. The van der Waals surface area contributed by atoms with Crippen LogP contribution in [0.2, 0.25) is 5.02 Å². The second-order valence-electron chi connectivity index (χ2n) is 6.30. The average molecular weight is 375 g/mol. The lowest BCUT2D eigenvalue weighted by molar-refractivity contribution is -0.117. The minimum atomic E-state index is -0.0701. The summed E-state index contributed by atoms with van der Waals surface area (Å²) in [5.74, 6) is 1.20. The Labute approximate surface area is 158 Å². The first-order chi connectivity index (χ1) is 12.6. The van der Waals surface area contributed by atoms with Gasteiger partial charge in [0.15, 0.2) is 0 Å². The van der Waals surface area contributed by atoms with E-state index in [1.165, 1.54) is 0 Å². The van der Waals surface area contributed by atoms with E-state index in [2.05, 4.69) is 10.2 Å². The first-order valence-electron chi connectivity index (χ1n) is 8.62. The fourth-order valence-electron chi connectivity index (χ4n) is 3.38. The highest BCUT2D eigenvalue weighted by Crippen LogP contribution is 2.35. The number of amides is 1. The topological polar surface area (TPSA) is 50.8 Å². The highest BCUT2D eigenvalue weighted by molar-refractivity contribution is 6.31. The molecular formula is C20H23ClN2O3. The summed E-state index contributed by atoms with van der Waals surface area (Å²) in [6.07, 6.45) is 2.06. The van der Waals surface area contributed by atoms with E-state index >= 15 is 0 Å². The Morgan fingerprint density at radius 1 is 1.19 bits per heavy atom. The summed E-state index contributed by atoms with van der Waals surface area (Å²) in [5.41, 5.74) is 1.74. The number of hydrogen-bond acceptors (Lipinski definition) is 4. The van der Waals surface area contributed by atoms with Crippen molar-refractivity contribution >= 4 is 23.2 Å². The minimum absolute atomic E-state index is 0.0701. The highest BCUT2D eigenvalue weighted by Gasteiger charge is 2.28. The highest BCUT2D eigenvalue weighted by atomic mass is 35.5. The molecule has 1 aliphatic heterocycles. The van der Waals surface area contributed by atoms with Crippen LogP contribution in [-0.4, -0.2) is 38.1 Å². The molecule has 1 aliphatic rings. The SMILES string of the molecule is COc1cc(NC(=O)CN2CCCC2c2ccccc2Cl)cc(OC)c1. The number of rotatable bonds is 6. The predicted octanol–water partition coefficient (Wildman–Crippen LogP) is 4.13. The molecular weight excluding hydrogens is 352 g/mol. The second kappa shape index (κ2) is 8.43. The van der Waals surface area contributed by atoms with Crippen LogP contribution in [0.25, 0.3) is 0 Å². The van der Waals surface area contributed by atoms with Crippen molar-refractivity contribution in [2.24, 2.45) is 0 Å². The summed E-state index contributed by atoms with van der Waals surface area (Å²) in [6.45, 7) is 1.19. The van der Waals surface area contributed by atoms with Crippen LogP contribution in [0.1, 0.15) is 24.4 Å². The average Bonchev–Trinajstić information content (AvgIpc) is 3.09. The van der Waals surface area contributed by atoms with Crippen molar-refractivity contribution in [3.8, 4) is 11.5 Å². The molecule has 1 unspecified atom stereocenters. The molecule has 138 valence electrons. The van der Waals surface area contributed by atoms with Crippen molar-refractivity contribution < 1.29 is 14.3 Å². The van der Waals surface area contributed by atoms with E-state index < -0.39 is 0 Å². The molecule has 1 N–H and O–H groups in total. The van der Waals surface area contributed by atoms with Crippen LogP contribution in [0.5, 0.6) is 11.5 Å². The minimum Gasteiger partial charge on any atom is -0.497 e. The van der Waals surface area contributed by atoms with E-state index in [4.69, 9.17) is 21.1 Å². The smallest absolute Gasteiger partial charge is 0.238 e. The summed E-state index contributed by atoms with van der Waals surface area (Å²) in [6, 6.07) is 13.3. The van der Waals surface area contributed by atoms with Gasteiger partial charge in [-0.1, -0.05) is 29.8 Å². The lowest BCUT2D eigenvalue weighted by atomic mass is 10.0. The Balaban J connectivity index is 1.69. The number of hydrogen-bond donors (Lipinski definition) is 1.